The van der Waals surface area contributed by atoms with E-state index < -0.39 is 6.04 Å². The molecular formula is C34H46N4O3. The van der Waals surface area contributed by atoms with E-state index in [2.05, 4.69) is 23.0 Å². The van der Waals surface area contributed by atoms with E-state index in [9.17, 15) is 14.7 Å². The molecule has 5 aliphatic rings. The maximum absolute atomic E-state index is 14.4. The molecule has 220 valence electrons. The number of amides is 1. The van der Waals surface area contributed by atoms with Gasteiger partial charge in [-0.25, -0.2) is 4.98 Å². The van der Waals surface area contributed by atoms with Crippen molar-refractivity contribution in [3.8, 4) is 0 Å². The van der Waals surface area contributed by atoms with E-state index in [0.717, 1.165) is 48.0 Å². The molecule has 3 saturated heterocycles. The first kappa shape index (κ1) is 27.2. The van der Waals surface area contributed by atoms with Crippen LogP contribution >= 0.6 is 0 Å². The van der Waals surface area contributed by atoms with Crippen LogP contribution in [0, 0.1) is 17.8 Å². The molecule has 5 unspecified atom stereocenters. The van der Waals surface area contributed by atoms with Gasteiger partial charge in [-0.15, -0.1) is 0 Å². The van der Waals surface area contributed by atoms with Crippen LogP contribution in [0.2, 0.25) is 0 Å². The molecule has 7 rings (SSSR count). The van der Waals surface area contributed by atoms with Crippen molar-refractivity contribution in [1.82, 2.24) is 19.4 Å². The standard InChI is InChI=1S/C34H46N4O3/c1-21-13-23-15-24(14-21)17-27(16-23)37-25-7-5-8-26(37)19-28(18-25)38-30-10-4-3-9-29(30)35-33(34(38)41)31-11-6-12-32(40)36(31)20-22(2)39/h3-4,9-10,21,23-28,31,39H,2,5-8,11-20H2,1H3. The molecule has 0 radical (unpaired) electrons. The number of aliphatic hydroxyl groups excluding tert-OH is 1. The summed E-state index contributed by atoms with van der Waals surface area (Å²) in [6.07, 6.45) is 14.6. The maximum atomic E-state index is 14.4. The molecule has 1 aromatic carbocycles. The largest absolute Gasteiger partial charge is 0.511 e. The second kappa shape index (κ2) is 10.9. The second-order valence-corrected chi connectivity index (χ2v) is 14.1. The summed E-state index contributed by atoms with van der Waals surface area (Å²) in [5.74, 6) is 2.56. The lowest BCUT2D eigenvalue weighted by Crippen LogP contribution is -2.59. The Balaban J connectivity index is 1.23. The number of benzene rings is 1. The van der Waals surface area contributed by atoms with Gasteiger partial charge in [-0.2, -0.15) is 0 Å². The number of nitrogens with zero attached hydrogens (tertiary/aromatic N) is 4. The van der Waals surface area contributed by atoms with Crippen LogP contribution < -0.4 is 5.56 Å². The number of aromatic nitrogens is 2. The fourth-order valence-corrected chi connectivity index (χ4v) is 9.94. The molecule has 2 aromatic rings. The molecule has 5 atom stereocenters. The Morgan fingerprint density at radius 2 is 1.61 bits per heavy atom. The molecule has 41 heavy (non-hydrogen) atoms. The zero-order chi connectivity index (χ0) is 28.2. The molecule has 3 aliphatic heterocycles. The maximum Gasteiger partial charge on any atom is 0.275 e. The van der Waals surface area contributed by atoms with Crippen molar-refractivity contribution in [2.75, 3.05) is 6.54 Å². The smallest absolute Gasteiger partial charge is 0.275 e. The van der Waals surface area contributed by atoms with Gasteiger partial charge in [0.1, 0.15) is 11.5 Å². The summed E-state index contributed by atoms with van der Waals surface area (Å²) >= 11 is 0. The quantitative estimate of drug-likeness (QED) is 0.436. The Morgan fingerprint density at radius 1 is 0.902 bits per heavy atom. The summed E-state index contributed by atoms with van der Waals surface area (Å²) < 4.78 is 2.06. The van der Waals surface area contributed by atoms with Gasteiger partial charge < -0.3 is 14.6 Å². The average Bonchev–Trinajstić information content (AvgIpc) is 2.92. The normalized spacial score (nSPS) is 35.9. The van der Waals surface area contributed by atoms with Crippen molar-refractivity contribution in [2.45, 2.75) is 121 Å². The summed E-state index contributed by atoms with van der Waals surface area (Å²) in [5, 5.41) is 9.98. The first-order valence-electron chi connectivity index (χ1n) is 16.3. The fourth-order valence-electron chi connectivity index (χ4n) is 9.94. The molecule has 4 bridgehead atoms. The van der Waals surface area contributed by atoms with Gasteiger partial charge >= 0.3 is 0 Å². The Labute approximate surface area is 243 Å². The number of aliphatic hydroxyl groups is 1. The molecule has 2 aliphatic carbocycles. The summed E-state index contributed by atoms with van der Waals surface area (Å²) in [7, 11) is 0. The predicted molar refractivity (Wildman–Crippen MR) is 161 cm³/mol. The van der Waals surface area contributed by atoms with Gasteiger partial charge in [-0.05, 0) is 101 Å². The number of likely N-dealkylation sites (tertiary alicyclic amines) is 1. The van der Waals surface area contributed by atoms with Crippen molar-refractivity contribution in [1.29, 1.82) is 0 Å². The van der Waals surface area contributed by atoms with E-state index in [1.165, 1.54) is 51.4 Å². The third-order valence-corrected chi connectivity index (χ3v) is 11.2. The zero-order valence-corrected chi connectivity index (χ0v) is 24.6. The molecule has 5 fully saturated rings. The van der Waals surface area contributed by atoms with E-state index in [4.69, 9.17) is 4.98 Å². The topological polar surface area (TPSA) is 78.7 Å². The number of para-hydroxylation sites is 2. The molecule has 0 spiro atoms. The predicted octanol–water partition coefficient (Wildman–Crippen LogP) is 6.29. The lowest BCUT2D eigenvalue weighted by atomic mass is 9.65. The van der Waals surface area contributed by atoms with Crippen molar-refractivity contribution in [3.63, 3.8) is 0 Å². The molecule has 1 amide bonds. The van der Waals surface area contributed by atoms with Crippen molar-refractivity contribution >= 4 is 16.9 Å². The zero-order valence-electron chi connectivity index (χ0n) is 24.6. The molecule has 4 heterocycles. The number of rotatable bonds is 5. The summed E-state index contributed by atoms with van der Waals surface area (Å²) in [4.78, 5) is 36.8. The third-order valence-electron chi connectivity index (χ3n) is 11.2. The van der Waals surface area contributed by atoms with E-state index in [1.54, 1.807) is 4.90 Å². The lowest BCUT2D eigenvalue weighted by Gasteiger charge is -2.56. The van der Waals surface area contributed by atoms with E-state index in [0.29, 0.717) is 36.7 Å². The van der Waals surface area contributed by atoms with Crippen molar-refractivity contribution in [2.24, 2.45) is 17.8 Å². The highest BCUT2D eigenvalue weighted by atomic mass is 16.3. The van der Waals surface area contributed by atoms with Crippen LogP contribution in [0.25, 0.3) is 11.0 Å². The molecule has 1 N–H and O–H groups in total. The minimum absolute atomic E-state index is 0.0438. The van der Waals surface area contributed by atoms with E-state index >= 15 is 0 Å². The highest BCUT2D eigenvalue weighted by molar-refractivity contribution is 5.78. The minimum atomic E-state index is -0.438. The van der Waals surface area contributed by atoms with Crippen LogP contribution in [0.1, 0.15) is 108 Å². The summed E-state index contributed by atoms with van der Waals surface area (Å²) in [5.41, 5.74) is 2.10. The van der Waals surface area contributed by atoms with Gasteiger partial charge in [-0.3, -0.25) is 14.5 Å². The Kier molecular flexibility index (Phi) is 7.21. The van der Waals surface area contributed by atoms with Crippen LogP contribution in [-0.4, -0.2) is 55.0 Å². The van der Waals surface area contributed by atoms with E-state index in [1.807, 2.05) is 24.3 Å². The van der Waals surface area contributed by atoms with Gasteiger partial charge in [0.05, 0.1) is 23.6 Å². The number of hydrogen-bond donors (Lipinski definition) is 1. The van der Waals surface area contributed by atoms with Crippen LogP contribution in [0.15, 0.2) is 41.4 Å². The summed E-state index contributed by atoms with van der Waals surface area (Å²) in [6, 6.07) is 9.47. The minimum Gasteiger partial charge on any atom is -0.511 e. The first-order valence-corrected chi connectivity index (χ1v) is 16.3. The monoisotopic (exact) mass is 558 g/mol. The highest BCUT2D eigenvalue weighted by Gasteiger charge is 2.46. The van der Waals surface area contributed by atoms with E-state index in [-0.39, 0.29) is 29.8 Å². The Morgan fingerprint density at radius 3 is 2.32 bits per heavy atom. The van der Waals surface area contributed by atoms with Gasteiger partial charge in [0.2, 0.25) is 5.91 Å². The van der Waals surface area contributed by atoms with Crippen LogP contribution in [0.5, 0.6) is 0 Å². The molecule has 1 aromatic heterocycles. The summed E-state index contributed by atoms with van der Waals surface area (Å²) in [6.45, 7) is 6.12. The number of piperidine rings is 3. The SMILES string of the molecule is C=C(O)CN1C(=O)CCCC1c1nc2ccccc2n(C2CC3CCCC(C2)N3C2CC3CC(C)CC(C3)C2)c1=O. The number of carbonyl (C=O) groups is 1. The highest BCUT2D eigenvalue weighted by Crippen LogP contribution is 2.48. The van der Waals surface area contributed by atoms with Crippen LogP contribution in [0.4, 0.5) is 0 Å². The fraction of sp³-hybridized carbons (Fsp3) is 0.676. The number of carbonyl (C=O) groups excluding carboxylic acids is 1. The third kappa shape index (κ3) is 5.02. The van der Waals surface area contributed by atoms with Crippen molar-refractivity contribution < 1.29 is 9.90 Å². The number of hydrogen-bond acceptors (Lipinski definition) is 5. The Hall–Kier alpha value is -2.67. The molecule has 7 nitrogen and oxygen atoms in total. The first-order chi connectivity index (χ1) is 19.9. The average molecular weight is 559 g/mol. The molecular weight excluding hydrogens is 512 g/mol. The van der Waals surface area contributed by atoms with Gasteiger partial charge in [-0.1, -0.05) is 32.1 Å². The number of fused-ring (bicyclic) bond motifs is 5. The van der Waals surface area contributed by atoms with Crippen LogP contribution in [0.3, 0.4) is 0 Å². The molecule has 7 heteroatoms. The van der Waals surface area contributed by atoms with Gasteiger partial charge in [0.25, 0.3) is 5.56 Å². The Bertz CT molecular complexity index is 1350. The molecule has 2 saturated carbocycles. The van der Waals surface area contributed by atoms with Crippen LogP contribution in [-0.2, 0) is 4.79 Å². The van der Waals surface area contributed by atoms with Gasteiger partial charge in [0, 0.05) is 30.6 Å². The lowest BCUT2D eigenvalue weighted by molar-refractivity contribution is -0.136. The second-order valence-electron chi connectivity index (χ2n) is 14.1. The van der Waals surface area contributed by atoms with Crippen molar-refractivity contribution in [3.05, 3.63) is 52.7 Å². The van der Waals surface area contributed by atoms with Gasteiger partial charge in [0.15, 0.2) is 0 Å².